The first-order valence-corrected chi connectivity index (χ1v) is 24.7. The number of aliphatic hydroxyl groups excluding tert-OH is 3. The molecular formula is C55H62F2N6O13. The van der Waals surface area contributed by atoms with Crippen molar-refractivity contribution in [3.63, 3.8) is 0 Å². The number of carbonyl (C=O) groups is 8. The van der Waals surface area contributed by atoms with Crippen LogP contribution in [0.5, 0.6) is 0 Å². The van der Waals surface area contributed by atoms with Gasteiger partial charge in [0.05, 0.1) is 54.2 Å². The summed E-state index contributed by atoms with van der Waals surface area (Å²) in [6.45, 7) is 4.72. The molecule has 4 atom stereocenters. The molecule has 9 N–H and O–H groups in total. The summed E-state index contributed by atoms with van der Waals surface area (Å²) in [6.07, 6.45) is 0.213. The van der Waals surface area contributed by atoms with E-state index >= 15 is 0 Å². The highest BCUT2D eigenvalue weighted by atomic mass is 19.1. The average Bonchev–Trinajstić information content (AvgIpc) is 3.75. The van der Waals surface area contributed by atoms with Gasteiger partial charge in [-0.1, -0.05) is 76.2 Å². The number of halogens is 2. The number of hydrogen-bond donors (Lipinski definition) is 9. The number of aliphatic carboxylic acids is 2. The van der Waals surface area contributed by atoms with Crippen molar-refractivity contribution in [3.8, 4) is 0 Å². The van der Waals surface area contributed by atoms with Gasteiger partial charge in [0.25, 0.3) is 23.6 Å². The smallest absolute Gasteiger partial charge is 0.320 e. The molecule has 404 valence electrons. The fourth-order valence-electron chi connectivity index (χ4n) is 9.01. The van der Waals surface area contributed by atoms with Crippen molar-refractivity contribution >= 4 is 68.9 Å². The minimum Gasteiger partial charge on any atom is -0.480 e. The van der Waals surface area contributed by atoms with Gasteiger partial charge in [0.15, 0.2) is 0 Å². The molecule has 5 aromatic rings. The molecular weight excluding hydrogens is 991 g/mol. The molecule has 0 spiro atoms. The molecule has 0 unspecified atom stereocenters. The lowest BCUT2D eigenvalue weighted by molar-refractivity contribution is -0.141. The van der Waals surface area contributed by atoms with Gasteiger partial charge in [-0.2, -0.15) is 0 Å². The second kappa shape index (κ2) is 25.3. The van der Waals surface area contributed by atoms with E-state index < -0.39 is 109 Å². The van der Waals surface area contributed by atoms with E-state index in [2.05, 4.69) is 21.3 Å². The Bertz CT molecular complexity index is 2880. The molecule has 5 aromatic carbocycles. The zero-order chi connectivity index (χ0) is 55.6. The van der Waals surface area contributed by atoms with Gasteiger partial charge in [0, 0.05) is 25.7 Å². The van der Waals surface area contributed by atoms with Crippen LogP contribution in [-0.2, 0) is 25.7 Å². The van der Waals surface area contributed by atoms with Crippen LogP contribution in [0.15, 0.2) is 91.0 Å². The van der Waals surface area contributed by atoms with Crippen LogP contribution in [0.2, 0.25) is 0 Å². The van der Waals surface area contributed by atoms with Crippen molar-refractivity contribution in [3.05, 3.63) is 130 Å². The van der Waals surface area contributed by atoms with Crippen molar-refractivity contribution in [2.24, 2.45) is 11.8 Å². The summed E-state index contributed by atoms with van der Waals surface area (Å²) >= 11 is 0. The van der Waals surface area contributed by atoms with Crippen LogP contribution >= 0.6 is 0 Å². The fraction of sp³-hybridized carbons (Fsp3) is 0.382. The van der Waals surface area contributed by atoms with Crippen LogP contribution in [0.25, 0.3) is 21.5 Å². The summed E-state index contributed by atoms with van der Waals surface area (Å²) in [5.41, 5.74) is -0.398. The number of imide groups is 2. The number of nitrogens with zero attached hydrogens (tertiary/aromatic N) is 2. The van der Waals surface area contributed by atoms with E-state index in [0.29, 0.717) is 0 Å². The maximum Gasteiger partial charge on any atom is 0.320 e. The van der Waals surface area contributed by atoms with Crippen molar-refractivity contribution < 1.29 is 72.7 Å². The lowest BCUT2D eigenvalue weighted by atomic mass is 9.98. The maximum absolute atomic E-state index is 13.5. The third kappa shape index (κ3) is 13.8. The molecule has 6 amide bonds. The summed E-state index contributed by atoms with van der Waals surface area (Å²) in [7, 11) is 0. The summed E-state index contributed by atoms with van der Waals surface area (Å²) < 4.78 is 27.0. The molecule has 0 aromatic heterocycles. The predicted molar refractivity (Wildman–Crippen MR) is 274 cm³/mol. The van der Waals surface area contributed by atoms with E-state index in [-0.39, 0.29) is 85.0 Å². The highest BCUT2D eigenvalue weighted by Crippen LogP contribution is 2.30. The maximum atomic E-state index is 13.5. The van der Waals surface area contributed by atoms with Crippen molar-refractivity contribution in [1.82, 2.24) is 31.1 Å². The van der Waals surface area contributed by atoms with Crippen LogP contribution in [0, 0.1) is 23.5 Å². The number of benzene rings is 5. The van der Waals surface area contributed by atoms with Gasteiger partial charge in [0.1, 0.15) is 29.3 Å². The number of hydrogen-bond acceptors (Lipinski definition) is 13. The Morgan fingerprint density at radius 2 is 0.868 bits per heavy atom. The van der Waals surface area contributed by atoms with E-state index in [4.69, 9.17) is 0 Å². The number of aliphatic hydroxyl groups is 3. The summed E-state index contributed by atoms with van der Waals surface area (Å²) in [6, 6.07) is 19.7. The van der Waals surface area contributed by atoms with Crippen molar-refractivity contribution in [2.75, 3.05) is 32.9 Å². The van der Waals surface area contributed by atoms with Crippen molar-refractivity contribution in [1.29, 1.82) is 0 Å². The molecule has 0 aliphatic carbocycles. The Labute approximate surface area is 436 Å². The summed E-state index contributed by atoms with van der Waals surface area (Å²) in [4.78, 5) is 104. The van der Waals surface area contributed by atoms with Gasteiger partial charge in [-0.05, 0) is 101 Å². The Morgan fingerprint density at radius 3 is 1.18 bits per heavy atom. The SMILES string of the molecule is CC(C)C[C@H](N[C@H](CCN1C(=O)c2cc3ccccc3cc2C1=O)C(=O)O)C(=O)NC(CO)(CO)CO.CC(C)C[C@H](N[C@H](CCN1C(=O)c2cc3ccccc3cc2C1=O)C(=O)O)C(=O)NCc1cc(F)cc(F)c1. The van der Waals surface area contributed by atoms with Crippen molar-refractivity contribution in [2.45, 2.75) is 89.6 Å². The number of rotatable bonds is 24. The number of carboxylic acids is 2. The van der Waals surface area contributed by atoms with Gasteiger partial charge in [-0.15, -0.1) is 0 Å². The average molecular weight is 1050 g/mol. The van der Waals surface area contributed by atoms with E-state index in [1.54, 1.807) is 24.3 Å². The molecule has 7 rings (SSSR count). The van der Waals surface area contributed by atoms with Gasteiger partial charge in [0.2, 0.25) is 11.8 Å². The van der Waals surface area contributed by atoms with E-state index in [1.165, 1.54) is 0 Å². The summed E-state index contributed by atoms with van der Waals surface area (Å²) in [5.74, 6) is -7.34. The molecule has 0 saturated heterocycles. The number of carbonyl (C=O) groups excluding carboxylic acids is 6. The molecule has 0 bridgehead atoms. The molecule has 0 fully saturated rings. The molecule has 2 heterocycles. The molecule has 0 radical (unpaired) electrons. The summed E-state index contributed by atoms with van der Waals surface area (Å²) in [5, 5.41) is 62.1. The standard InChI is InChI=1S/C29H29F2N3O5.C26H33N3O8/c1-16(2)9-25(26(35)32-15-17-10-20(30)14-21(31)11-17)33-24(29(38)39)7-8-34-27(36)22-12-18-5-3-4-6-19(18)13-23(22)28(34)37;1-15(2)9-21(22(33)28-26(12-30,13-31)14-32)27-20(25(36)37)7-8-29-23(34)18-10-16-5-3-4-6-17(16)11-19(18)24(29)35/h3-6,10-14,16,24-25,33H,7-9,15H2,1-2H3,(H,32,35)(H,38,39);3-6,10-11,15,20-21,27,30-32H,7-9,12-14H2,1-2H3,(H,28,33)(H,36,37)/t24-,25+;20-,21+/m11/s1. The highest BCUT2D eigenvalue weighted by Gasteiger charge is 2.40. The molecule has 0 saturated carbocycles. The second-order valence-electron chi connectivity index (χ2n) is 19.8. The first kappa shape index (κ1) is 57.7. The van der Waals surface area contributed by atoms with Gasteiger partial charge >= 0.3 is 11.9 Å². The number of amides is 6. The predicted octanol–water partition coefficient (Wildman–Crippen LogP) is 3.99. The topological polar surface area (TPSA) is 292 Å². The number of carboxylic acid groups (broad SMARTS) is 2. The molecule has 2 aliphatic rings. The van der Waals surface area contributed by atoms with Gasteiger partial charge in [-0.25, -0.2) is 8.78 Å². The third-order valence-electron chi connectivity index (χ3n) is 13.1. The Kier molecular flexibility index (Phi) is 19.2. The largest absolute Gasteiger partial charge is 0.480 e. The molecule has 2 aliphatic heterocycles. The van der Waals surface area contributed by atoms with Crippen LogP contribution < -0.4 is 21.3 Å². The normalized spacial score (nSPS) is 14.9. The monoisotopic (exact) mass is 1050 g/mol. The van der Waals surface area contributed by atoms with Crippen LogP contribution in [0.1, 0.15) is 100 Å². The number of fused-ring (bicyclic) bond motifs is 4. The Balaban J connectivity index is 0.000000247. The fourth-order valence-corrected chi connectivity index (χ4v) is 9.01. The van der Waals surface area contributed by atoms with E-state index in [1.807, 2.05) is 76.2 Å². The van der Waals surface area contributed by atoms with Gasteiger partial charge in [-0.3, -0.25) is 58.8 Å². The second-order valence-corrected chi connectivity index (χ2v) is 19.8. The lowest BCUT2D eigenvalue weighted by Gasteiger charge is -2.32. The zero-order valence-corrected chi connectivity index (χ0v) is 42.3. The minimum absolute atomic E-state index is 0.0136. The van der Waals surface area contributed by atoms with E-state index in [9.17, 15) is 72.7 Å². The Hall–Kier alpha value is -7.56. The number of nitrogens with one attached hydrogen (secondary N) is 4. The van der Waals surface area contributed by atoms with Crippen LogP contribution in [0.3, 0.4) is 0 Å². The molecule has 76 heavy (non-hydrogen) atoms. The molecule has 19 nitrogen and oxygen atoms in total. The van der Waals surface area contributed by atoms with E-state index in [0.717, 1.165) is 49.5 Å². The third-order valence-corrected chi connectivity index (χ3v) is 13.1. The first-order chi connectivity index (χ1) is 36.1. The van der Waals surface area contributed by atoms with Gasteiger partial charge < -0.3 is 36.2 Å². The molecule has 21 heteroatoms. The minimum atomic E-state index is -1.67. The lowest BCUT2D eigenvalue weighted by Crippen LogP contribution is -2.62. The Morgan fingerprint density at radius 1 is 0.526 bits per heavy atom. The highest BCUT2D eigenvalue weighted by molar-refractivity contribution is 6.24. The quantitative estimate of drug-likeness (QED) is 0.0395. The zero-order valence-electron chi connectivity index (χ0n) is 42.3. The van der Waals surface area contributed by atoms with Crippen LogP contribution in [-0.4, -0.2) is 145 Å². The first-order valence-electron chi connectivity index (χ1n) is 24.7. The van der Waals surface area contributed by atoms with Crippen LogP contribution in [0.4, 0.5) is 8.78 Å².